The van der Waals surface area contributed by atoms with E-state index < -0.39 is 5.97 Å². The fourth-order valence-corrected chi connectivity index (χ4v) is 2.38. The van der Waals surface area contributed by atoms with Crippen molar-refractivity contribution in [3.05, 3.63) is 89.6 Å². The van der Waals surface area contributed by atoms with Crippen LogP contribution in [0, 0.1) is 0 Å². The second kappa shape index (κ2) is 8.62. The summed E-state index contributed by atoms with van der Waals surface area (Å²) in [7, 11) is 1.29. The highest BCUT2D eigenvalue weighted by Gasteiger charge is 2.11. The number of nitrogens with one attached hydrogen (secondary N) is 1. The largest absolute Gasteiger partial charge is 0.473 e. The highest BCUT2D eigenvalue weighted by molar-refractivity contribution is 6.05. The molecule has 0 bridgehead atoms. The zero-order valence-electron chi connectivity index (χ0n) is 14.7. The Balaban J connectivity index is 1.61. The van der Waals surface area contributed by atoms with Crippen LogP contribution in [0.5, 0.6) is 5.88 Å². The second-order valence-corrected chi connectivity index (χ2v) is 5.69. The van der Waals surface area contributed by atoms with Crippen LogP contribution in [0.15, 0.2) is 72.9 Å². The topological polar surface area (TPSA) is 77.5 Å². The number of carbonyl (C=O) groups is 2. The lowest BCUT2D eigenvalue weighted by molar-refractivity contribution is 0.0600. The van der Waals surface area contributed by atoms with Crippen LogP contribution in [0.4, 0.5) is 5.69 Å². The molecule has 3 rings (SSSR count). The number of carbonyl (C=O) groups excluding carboxylic acids is 2. The van der Waals surface area contributed by atoms with Crippen LogP contribution >= 0.6 is 0 Å². The lowest BCUT2D eigenvalue weighted by Crippen LogP contribution is -2.13. The number of ether oxygens (including phenoxy) is 2. The molecule has 6 nitrogen and oxygen atoms in total. The molecule has 0 aliphatic heterocycles. The molecular formula is C21H18N2O4. The van der Waals surface area contributed by atoms with Gasteiger partial charge in [-0.3, -0.25) is 4.79 Å². The third-order valence-corrected chi connectivity index (χ3v) is 3.77. The van der Waals surface area contributed by atoms with Gasteiger partial charge in [0.2, 0.25) is 5.88 Å². The summed E-state index contributed by atoms with van der Waals surface area (Å²) in [6, 6.07) is 19.5. The maximum Gasteiger partial charge on any atom is 0.337 e. The van der Waals surface area contributed by atoms with E-state index in [9.17, 15) is 9.59 Å². The van der Waals surface area contributed by atoms with Crippen LogP contribution in [0.3, 0.4) is 0 Å². The molecule has 0 fully saturated rings. The van der Waals surface area contributed by atoms with Gasteiger partial charge < -0.3 is 14.8 Å². The first-order chi connectivity index (χ1) is 13.2. The molecule has 6 heteroatoms. The number of hydrogen-bond acceptors (Lipinski definition) is 5. The van der Waals surface area contributed by atoms with E-state index in [0.29, 0.717) is 29.3 Å². The predicted molar refractivity (Wildman–Crippen MR) is 101 cm³/mol. The van der Waals surface area contributed by atoms with E-state index in [1.807, 2.05) is 30.3 Å². The molecule has 0 radical (unpaired) electrons. The highest BCUT2D eigenvalue weighted by atomic mass is 16.5. The summed E-state index contributed by atoms with van der Waals surface area (Å²) in [6.07, 6.45) is 1.52. The van der Waals surface area contributed by atoms with Gasteiger partial charge in [-0.15, -0.1) is 0 Å². The minimum absolute atomic E-state index is 0.313. The number of hydrogen-bond donors (Lipinski definition) is 1. The van der Waals surface area contributed by atoms with Crippen molar-refractivity contribution in [2.24, 2.45) is 0 Å². The molecular weight excluding hydrogens is 344 g/mol. The van der Waals surface area contributed by atoms with Gasteiger partial charge in [0.15, 0.2) is 0 Å². The molecule has 0 aliphatic carbocycles. The molecule has 1 N–H and O–H groups in total. The summed E-state index contributed by atoms with van der Waals surface area (Å²) in [5.41, 5.74) is 2.23. The number of nitrogens with zero attached hydrogens (tertiary/aromatic N) is 1. The van der Waals surface area contributed by atoms with E-state index in [2.05, 4.69) is 15.0 Å². The molecule has 0 saturated heterocycles. The molecule has 2 aromatic carbocycles. The van der Waals surface area contributed by atoms with Gasteiger partial charge in [0.1, 0.15) is 6.61 Å². The van der Waals surface area contributed by atoms with Gasteiger partial charge in [-0.25, -0.2) is 9.78 Å². The third-order valence-electron chi connectivity index (χ3n) is 3.77. The molecule has 1 heterocycles. The SMILES string of the molecule is COC(=O)c1cccc(C(=O)Nc2ccc(OCc3ccccc3)nc2)c1. The van der Waals surface area contributed by atoms with E-state index in [4.69, 9.17) is 4.74 Å². The Bertz CT molecular complexity index is 924. The van der Waals surface area contributed by atoms with Gasteiger partial charge in [0.05, 0.1) is 24.6 Å². The Hall–Kier alpha value is -3.67. The minimum atomic E-state index is -0.494. The van der Waals surface area contributed by atoms with Crippen LogP contribution in [0.2, 0.25) is 0 Å². The van der Waals surface area contributed by atoms with E-state index in [1.165, 1.54) is 19.4 Å². The zero-order valence-corrected chi connectivity index (χ0v) is 14.7. The zero-order chi connectivity index (χ0) is 19.1. The van der Waals surface area contributed by atoms with Crippen LogP contribution < -0.4 is 10.1 Å². The molecule has 0 atom stereocenters. The molecule has 0 saturated carbocycles. The third kappa shape index (κ3) is 4.92. The average molecular weight is 362 g/mol. The standard InChI is InChI=1S/C21H18N2O4/c1-26-21(25)17-9-5-8-16(12-17)20(24)23-18-10-11-19(22-13-18)27-14-15-6-3-2-4-7-15/h2-13H,14H2,1H3,(H,23,24). The number of aromatic nitrogens is 1. The number of pyridine rings is 1. The van der Waals surface area contributed by atoms with E-state index in [0.717, 1.165) is 5.56 Å². The van der Waals surface area contributed by atoms with E-state index in [1.54, 1.807) is 30.3 Å². The summed E-state index contributed by atoms with van der Waals surface area (Å²) in [5.74, 6) is -0.378. The fourth-order valence-electron chi connectivity index (χ4n) is 2.38. The Kier molecular flexibility index (Phi) is 5.79. The number of amides is 1. The molecule has 0 unspecified atom stereocenters. The number of esters is 1. The van der Waals surface area contributed by atoms with Crippen LogP contribution in [-0.4, -0.2) is 24.0 Å². The summed E-state index contributed by atoms with van der Waals surface area (Å²) >= 11 is 0. The summed E-state index contributed by atoms with van der Waals surface area (Å²) < 4.78 is 10.3. The molecule has 3 aromatic rings. The Morgan fingerprint density at radius 1 is 0.963 bits per heavy atom. The minimum Gasteiger partial charge on any atom is -0.473 e. The molecule has 1 aromatic heterocycles. The summed E-state index contributed by atoms with van der Waals surface area (Å²) in [6.45, 7) is 0.417. The molecule has 0 spiro atoms. The second-order valence-electron chi connectivity index (χ2n) is 5.69. The first kappa shape index (κ1) is 18.1. The fraction of sp³-hybridized carbons (Fsp3) is 0.0952. The Labute approximate surface area is 156 Å². The number of rotatable bonds is 6. The van der Waals surface area contributed by atoms with Gasteiger partial charge in [0, 0.05) is 11.6 Å². The van der Waals surface area contributed by atoms with Crippen molar-refractivity contribution in [2.45, 2.75) is 6.61 Å². The van der Waals surface area contributed by atoms with E-state index in [-0.39, 0.29) is 5.91 Å². The van der Waals surface area contributed by atoms with Crippen molar-refractivity contribution in [2.75, 3.05) is 12.4 Å². The van der Waals surface area contributed by atoms with Gasteiger partial charge in [-0.1, -0.05) is 36.4 Å². The Morgan fingerprint density at radius 2 is 1.74 bits per heavy atom. The van der Waals surface area contributed by atoms with Crippen molar-refractivity contribution in [3.63, 3.8) is 0 Å². The van der Waals surface area contributed by atoms with Crippen molar-refractivity contribution in [1.82, 2.24) is 4.98 Å². The lowest BCUT2D eigenvalue weighted by Gasteiger charge is -2.08. The van der Waals surface area contributed by atoms with Crippen molar-refractivity contribution >= 4 is 17.6 Å². The van der Waals surface area contributed by atoms with Crippen LogP contribution in [0.1, 0.15) is 26.3 Å². The highest BCUT2D eigenvalue weighted by Crippen LogP contribution is 2.15. The maximum absolute atomic E-state index is 12.4. The first-order valence-electron chi connectivity index (χ1n) is 8.28. The molecule has 136 valence electrons. The van der Waals surface area contributed by atoms with Crippen molar-refractivity contribution in [1.29, 1.82) is 0 Å². The smallest absolute Gasteiger partial charge is 0.337 e. The summed E-state index contributed by atoms with van der Waals surface area (Å²) in [5, 5.41) is 2.73. The van der Waals surface area contributed by atoms with Gasteiger partial charge in [-0.05, 0) is 29.8 Å². The number of benzene rings is 2. The van der Waals surface area contributed by atoms with Crippen LogP contribution in [0.25, 0.3) is 0 Å². The van der Waals surface area contributed by atoms with Crippen LogP contribution in [-0.2, 0) is 11.3 Å². The van der Waals surface area contributed by atoms with Crippen molar-refractivity contribution in [3.8, 4) is 5.88 Å². The summed E-state index contributed by atoms with van der Waals surface area (Å²) in [4.78, 5) is 28.1. The average Bonchev–Trinajstić information content (AvgIpc) is 2.73. The molecule has 27 heavy (non-hydrogen) atoms. The lowest BCUT2D eigenvalue weighted by atomic mass is 10.1. The molecule has 0 aliphatic rings. The molecule has 1 amide bonds. The maximum atomic E-state index is 12.4. The predicted octanol–water partition coefficient (Wildman–Crippen LogP) is 3.70. The van der Waals surface area contributed by atoms with Gasteiger partial charge in [0.25, 0.3) is 5.91 Å². The quantitative estimate of drug-likeness (QED) is 0.677. The van der Waals surface area contributed by atoms with Gasteiger partial charge in [-0.2, -0.15) is 0 Å². The van der Waals surface area contributed by atoms with Gasteiger partial charge >= 0.3 is 5.97 Å². The Morgan fingerprint density at radius 3 is 2.44 bits per heavy atom. The monoisotopic (exact) mass is 362 g/mol. The van der Waals surface area contributed by atoms with E-state index >= 15 is 0 Å². The number of anilines is 1. The van der Waals surface area contributed by atoms with Crippen molar-refractivity contribution < 1.29 is 19.1 Å². The number of methoxy groups -OCH3 is 1. The normalized spacial score (nSPS) is 10.1. The first-order valence-corrected chi connectivity index (χ1v) is 8.28.